The second-order valence-corrected chi connectivity index (χ2v) is 8.61. The Bertz CT molecular complexity index is 985. The first kappa shape index (κ1) is 21.4. The Morgan fingerprint density at radius 2 is 1.46 bits per heavy atom. The van der Waals surface area contributed by atoms with Crippen LogP contribution in [-0.4, -0.2) is 32.5 Å². The SMILES string of the molecule is CC(=O)Nc1ccc(NC(=O)C(C)N(c2ccc(C)c(C)c2)S(C)(=O)=O)cc1. The molecular formula is C20H25N3O4S. The maximum atomic E-state index is 12.7. The number of carbonyl (C=O) groups is 2. The monoisotopic (exact) mass is 403 g/mol. The molecule has 7 nitrogen and oxygen atoms in total. The number of benzene rings is 2. The quantitative estimate of drug-likeness (QED) is 0.775. The molecule has 0 fully saturated rings. The van der Waals surface area contributed by atoms with E-state index in [2.05, 4.69) is 10.6 Å². The molecule has 2 rings (SSSR count). The molecule has 0 aliphatic rings. The minimum absolute atomic E-state index is 0.192. The normalized spacial score (nSPS) is 12.2. The van der Waals surface area contributed by atoms with Gasteiger partial charge in [-0.05, 0) is 68.3 Å². The highest BCUT2D eigenvalue weighted by Crippen LogP contribution is 2.24. The molecule has 2 aromatic rings. The summed E-state index contributed by atoms with van der Waals surface area (Å²) < 4.78 is 25.9. The van der Waals surface area contributed by atoms with Crippen LogP contribution in [0.3, 0.4) is 0 Å². The fourth-order valence-electron chi connectivity index (χ4n) is 2.76. The van der Waals surface area contributed by atoms with E-state index in [4.69, 9.17) is 0 Å². The van der Waals surface area contributed by atoms with Crippen LogP contribution in [0.5, 0.6) is 0 Å². The molecular weight excluding hydrogens is 378 g/mol. The molecule has 0 spiro atoms. The average Bonchev–Trinajstić information content (AvgIpc) is 2.58. The lowest BCUT2D eigenvalue weighted by Crippen LogP contribution is -2.45. The number of hydrogen-bond donors (Lipinski definition) is 2. The fourth-order valence-corrected chi connectivity index (χ4v) is 3.93. The molecule has 1 unspecified atom stereocenters. The summed E-state index contributed by atoms with van der Waals surface area (Å²) in [6.07, 6.45) is 1.08. The Morgan fingerprint density at radius 3 is 1.93 bits per heavy atom. The van der Waals surface area contributed by atoms with Crippen molar-refractivity contribution in [2.45, 2.75) is 33.7 Å². The van der Waals surface area contributed by atoms with E-state index in [1.807, 2.05) is 19.9 Å². The van der Waals surface area contributed by atoms with Crippen molar-refractivity contribution in [2.24, 2.45) is 0 Å². The van der Waals surface area contributed by atoms with Gasteiger partial charge in [-0.2, -0.15) is 0 Å². The Hall–Kier alpha value is -2.87. The highest BCUT2D eigenvalue weighted by atomic mass is 32.2. The number of hydrogen-bond acceptors (Lipinski definition) is 4. The largest absolute Gasteiger partial charge is 0.326 e. The van der Waals surface area contributed by atoms with Crippen LogP contribution in [0.15, 0.2) is 42.5 Å². The average molecular weight is 404 g/mol. The maximum Gasteiger partial charge on any atom is 0.247 e. The van der Waals surface area contributed by atoms with Crippen LogP contribution in [0.25, 0.3) is 0 Å². The molecule has 0 aliphatic carbocycles. The molecule has 2 amide bonds. The zero-order valence-corrected chi connectivity index (χ0v) is 17.4. The molecule has 8 heteroatoms. The zero-order chi connectivity index (χ0) is 21.1. The number of nitrogens with one attached hydrogen (secondary N) is 2. The van der Waals surface area contributed by atoms with E-state index < -0.39 is 22.0 Å². The van der Waals surface area contributed by atoms with Crippen molar-refractivity contribution in [1.29, 1.82) is 0 Å². The summed E-state index contributed by atoms with van der Waals surface area (Å²) in [5.74, 6) is -0.654. The van der Waals surface area contributed by atoms with Crippen LogP contribution in [0.4, 0.5) is 17.1 Å². The van der Waals surface area contributed by atoms with E-state index in [0.717, 1.165) is 21.7 Å². The van der Waals surface area contributed by atoms with Gasteiger partial charge in [0.15, 0.2) is 0 Å². The van der Waals surface area contributed by atoms with Crippen molar-refractivity contribution in [3.8, 4) is 0 Å². The van der Waals surface area contributed by atoms with E-state index in [9.17, 15) is 18.0 Å². The van der Waals surface area contributed by atoms with Crippen LogP contribution in [0.1, 0.15) is 25.0 Å². The van der Waals surface area contributed by atoms with Gasteiger partial charge in [0, 0.05) is 18.3 Å². The number of rotatable bonds is 6. The molecule has 0 bridgehead atoms. The fraction of sp³-hybridized carbons (Fsp3) is 0.300. The van der Waals surface area contributed by atoms with Gasteiger partial charge in [-0.3, -0.25) is 13.9 Å². The summed E-state index contributed by atoms with van der Waals surface area (Å²) in [4.78, 5) is 23.8. The van der Waals surface area contributed by atoms with Crippen molar-refractivity contribution in [2.75, 3.05) is 21.2 Å². The molecule has 0 saturated heterocycles. The third-order valence-corrected chi connectivity index (χ3v) is 5.55. The lowest BCUT2D eigenvalue weighted by molar-refractivity contribution is -0.117. The van der Waals surface area contributed by atoms with Gasteiger partial charge in [0.2, 0.25) is 21.8 Å². The maximum absolute atomic E-state index is 12.7. The van der Waals surface area contributed by atoms with E-state index in [-0.39, 0.29) is 5.91 Å². The Labute approximate surface area is 165 Å². The number of aryl methyl sites for hydroxylation is 2. The van der Waals surface area contributed by atoms with Gasteiger partial charge >= 0.3 is 0 Å². The first-order valence-corrected chi connectivity index (χ1v) is 10.6. The molecule has 2 N–H and O–H groups in total. The molecule has 28 heavy (non-hydrogen) atoms. The number of anilines is 3. The summed E-state index contributed by atoms with van der Waals surface area (Å²) in [7, 11) is -3.68. The number of carbonyl (C=O) groups excluding carboxylic acids is 2. The van der Waals surface area contributed by atoms with Crippen LogP contribution in [-0.2, 0) is 19.6 Å². The van der Waals surface area contributed by atoms with Gasteiger partial charge in [0.25, 0.3) is 0 Å². The first-order valence-electron chi connectivity index (χ1n) is 8.74. The molecule has 1 atom stereocenters. The van der Waals surface area contributed by atoms with Crippen molar-refractivity contribution in [1.82, 2.24) is 0 Å². The van der Waals surface area contributed by atoms with E-state index >= 15 is 0 Å². The minimum Gasteiger partial charge on any atom is -0.326 e. The van der Waals surface area contributed by atoms with Crippen LogP contribution in [0.2, 0.25) is 0 Å². The predicted molar refractivity (Wildman–Crippen MR) is 112 cm³/mol. The number of nitrogens with zero attached hydrogens (tertiary/aromatic N) is 1. The van der Waals surface area contributed by atoms with E-state index in [0.29, 0.717) is 17.1 Å². The number of amides is 2. The molecule has 0 radical (unpaired) electrons. The summed E-state index contributed by atoms with van der Waals surface area (Å²) in [6.45, 7) is 6.77. The highest BCUT2D eigenvalue weighted by molar-refractivity contribution is 7.92. The molecule has 0 aromatic heterocycles. The summed E-state index contributed by atoms with van der Waals surface area (Å²) in [5, 5.41) is 5.35. The summed E-state index contributed by atoms with van der Waals surface area (Å²) in [6, 6.07) is 10.9. The van der Waals surface area contributed by atoms with Gasteiger partial charge in [0.05, 0.1) is 11.9 Å². The molecule has 0 heterocycles. The molecule has 2 aromatic carbocycles. The van der Waals surface area contributed by atoms with Crippen molar-refractivity contribution in [3.63, 3.8) is 0 Å². The van der Waals surface area contributed by atoms with Crippen LogP contribution in [0, 0.1) is 13.8 Å². The van der Waals surface area contributed by atoms with Gasteiger partial charge in [0.1, 0.15) is 6.04 Å². The van der Waals surface area contributed by atoms with Gasteiger partial charge in [-0.1, -0.05) is 6.07 Å². The van der Waals surface area contributed by atoms with Crippen molar-refractivity contribution < 1.29 is 18.0 Å². The van der Waals surface area contributed by atoms with E-state index in [1.165, 1.54) is 13.8 Å². The van der Waals surface area contributed by atoms with E-state index in [1.54, 1.807) is 36.4 Å². The summed E-state index contributed by atoms with van der Waals surface area (Å²) in [5.41, 5.74) is 3.51. The zero-order valence-electron chi connectivity index (χ0n) is 16.6. The Balaban J connectivity index is 2.24. The third-order valence-electron chi connectivity index (χ3n) is 4.31. The van der Waals surface area contributed by atoms with Crippen molar-refractivity contribution in [3.05, 3.63) is 53.6 Å². The molecule has 150 valence electrons. The smallest absolute Gasteiger partial charge is 0.247 e. The molecule has 0 aliphatic heterocycles. The first-order chi connectivity index (χ1) is 13.0. The third kappa shape index (κ3) is 5.32. The lowest BCUT2D eigenvalue weighted by atomic mass is 10.1. The van der Waals surface area contributed by atoms with Crippen LogP contribution >= 0.6 is 0 Å². The predicted octanol–water partition coefficient (Wildman–Crippen LogP) is 3.06. The second-order valence-electron chi connectivity index (χ2n) is 6.75. The Kier molecular flexibility index (Phi) is 6.45. The van der Waals surface area contributed by atoms with Gasteiger partial charge in [-0.25, -0.2) is 8.42 Å². The van der Waals surface area contributed by atoms with Crippen LogP contribution < -0.4 is 14.9 Å². The topological polar surface area (TPSA) is 95.6 Å². The minimum atomic E-state index is -3.68. The highest BCUT2D eigenvalue weighted by Gasteiger charge is 2.29. The standard InChI is InChI=1S/C20H25N3O4S/c1-13-6-11-19(12-14(13)2)23(28(5,26)27)15(3)20(25)22-18-9-7-17(8-10-18)21-16(4)24/h6-12,15H,1-5H3,(H,21,24)(H,22,25). The Morgan fingerprint density at radius 1 is 0.929 bits per heavy atom. The lowest BCUT2D eigenvalue weighted by Gasteiger charge is -2.28. The second kappa shape index (κ2) is 8.43. The van der Waals surface area contributed by atoms with Gasteiger partial charge < -0.3 is 10.6 Å². The molecule has 0 saturated carbocycles. The summed E-state index contributed by atoms with van der Waals surface area (Å²) >= 11 is 0. The van der Waals surface area contributed by atoms with Gasteiger partial charge in [-0.15, -0.1) is 0 Å². The number of sulfonamides is 1. The van der Waals surface area contributed by atoms with Crippen molar-refractivity contribution >= 4 is 38.9 Å².